The maximum atomic E-state index is 12.3. The first-order chi connectivity index (χ1) is 13.2. The second-order valence-corrected chi connectivity index (χ2v) is 7.97. The number of unbranched alkanes of at least 4 members (excludes halogenated alkanes) is 1. The Morgan fingerprint density at radius 3 is 2.81 bits per heavy atom. The molecule has 27 heavy (non-hydrogen) atoms. The van der Waals surface area contributed by atoms with Crippen LogP contribution in [0.1, 0.15) is 84.5 Å². The van der Waals surface area contributed by atoms with Crippen molar-refractivity contribution in [1.82, 2.24) is 0 Å². The third kappa shape index (κ3) is 9.41. The molecule has 0 N–H and O–H groups in total. The Morgan fingerprint density at radius 1 is 1.11 bits per heavy atom. The lowest BCUT2D eigenvalue weighted by Crippen LogP contribution is -2.21. The van der Waals surface area contributed by atoms with E-state index in [4.69, 9.17) is 9.47 Å². The maximum Gasteiger partial charge on any atom is 0.309 e. The fraction of sp³-hybridized carbons (Fsp3) is 0.708. The second kappa shape index (κ2) is 12.9. The van der Waals surface area contributed by atoms with Gasteiger partial charge in [0.05, 0.1) is 18.1 Å². The van der Waals surface area contributed by atoms with Crippen LogP contribution in [-0.2, 0) is 14.3 Å². The molecule has 0 aromatic rings. The number of ether oxygens (including phenoxy) is 2. The molecule has 0 aliphatic carbocycles. The molecule has 1 fully saturated rings. The minimum atomic E-state index is -0.162. The van der Waals surface area contributed by atoms with E-state index in [0.29, 0.717) is 12.2 Å². The van der Waals surface area contributed by atoms with E-state index in [-0.39, 0.29) is 18.0 Å². The lowest BCUT2D eigenvalue weighted by Gasteiger charge is -2.17. The molecule has 152 valence electrons. The molecule has 2 rings (SSSR count). The minimum Gasteiger partial charge on any atom is -0.458 e. The first-order valence-electron chi connectivity index (χ1n) is 11.0. The predicted octanol–water partition coefficient (Wildman–Crippen LogP) is 6.29. The molecule has 0 bridgehead atoms. The smallest absolute Gasteiger partial charge is 0.309 e. The van der Waals surface area contributed by atoms with Crippen LogP contribution >= 0.6 is 0 Å². The van der Waals surface area contributed by atoms with Crippen LogP contribution < -0.4 is 0 Å². The Bertz CT molecular complexity index is 506. The summed E-state index contributed by atoms with van der Waals surface area (Å²) in [6.45, 7) is 4.21. The number of epoxide rings is 1. The van der Waals surface area contributed by atoms with Gasteiger partial charge in [-0.2, -0.15) is 0 Å². The first-order valence-corrected chi connectivity index (χ1v) is 11.0. The van der Waals surface area contributed by atoms with E-state index < -0.39 is 0 Å². The lowest BCUT2D eigenvalue weighted by atomic mass is 10.0. The average Bonchev–Trinajstić information content (AvgIpc) is 3.41. The molecule has 4 unspecified atom stereocenters. The van der Waals surface area contributed by atoms with Gasteiger partial charge in [-0.25, -0.2) is 0 Å². The van der Waals surface area contributed by atoms with Gasteiger partial charge in [-0.1, -0.05) is 69.9 Å². The van der Waals surface area contributed by atoms with E-state index in [0.717, 1.165) is 38.5 Å². The van der Waals surface area contributed by atoms with Gasteiger partial charge >= 0.3 is 5.97 Å². The van der Waals surface area contributed by atoms with Gasteiger partial charge in [0.2, 0.25) is 0 Å². The topological polar surface area (TPSA) is 38.8 Å². The highest BCUT2D eigenvalue weighted by atomic mass is 16.6. The molecule has 3 heteroatoms. The van der Waals surface area contributed by atoms with E-state index in [1.54, 1.807) is 0 Å². The van der Waals surface area contributed by atoms with E-state index >= 15 is 0 Å². The van der Waals surface area contributed by atoms with Crippen molar-refractivity contribution in [3.05, 3.63) is 36.5 Å². The molecule has 4 atom stereocenters. The van der Waals surface area contributed by atoms with Crippen LogP contribution in [0.25, 0.3) is 0 Å². The average molecular weight is 375 g/mol. The zero-order valence-corrected chi connectivity index (χ0v) is 17.3. The molecular formula is C24H38O3. The Labute approximate surface area is 165 Å². The van der Waals surface area contributed by atoms with Crippen molar-refractivity contribution < 1.29 is 14.3 Å². The van der Waals surface area contributed by atoms with Crippen LogP contribution in [0.2, 0.25) is 0 Å². The molecule has 0 saturated carbocycles. The predicted molar refractivity (Wildman–Crippen MR) is 112 cm³/mol. The number of carbonyl (C=O) groups excluding carboxylic acids is 1. The zero-order chi connectivity index (χ0) is 19.3. The molecule has 0 aromatic carbocycles. The largest absolute Gasteiger partial charge is 0.458 e. The fourth-order valence-electron chi connectivity index (χ4n) is 3.50. The number of hydrogen-bond acceptors (Lipinski definition) is 3. The molecule has 0 aromatic heterocycles. The summed E-state index contributed by atoms with van der Waals surface area (Å²) in [5.41, 5.74) is 0. The summed E-state index contributed by atoms with van der Waals surface area (Å²) in [7, 11) is 0. The Hall–Kier alpha value is -1.35. The van der Waals surface area contributed by atoms with E-state index in [1.807, 2.05) is 19.1 Å². The van der Waals surface area contributed by atoms with E-state index in [9.17, 15) is 4.79 Å². The minimum absolute atomic E-state index is 0.000885. The molecule has 1 saturated heterocycles. The highest BCUT2D eigenvalue weighted by molar-refractivity contribution is 5.72. The second-order valence-electron chi connectivity index (χ2n) is 7.97. The van der Waals surface area contributed by atoms with Crippen LogP contribution in [0.3, 0.4) is 0 Å². The maximum absolute atomic E-state index is 12.3. The Kier molecular flexibility index (Phi) is 10.5. The van der Waals surface area contributed by atoms with Gasteiger partial charge in [-0.15, -0.1) is 0 Å². The van der Waals surface area contributed by atoms with Crippen molar-refractivity contribution in [3.8, 4) is 0 Å². The van der Waals surface area contributed by atoms with Crippen molar-refractivity contribution in [3.63, 3.8) is 0 Å². The summed E-state index contributed by atoms with van der Waals surface area (Å²) in [5, 5.41) is 0. The highest BCUT2D eigenvalue weighted by Crippen LogP contribution is 2.30. The Balaban J connectivity index is 1.72. The monoisotopic (exact) mass is 374 g/mol. The first kappa shape index (κ1) is 21.9. The molecule has 2 heterocycles. The highest BCUT2D eigenvalue weighted by Gasteiger charge is 2.36. The van der Waals surface area contributed by atoms with Crippen LogP contribution in [-0.4, -0.2) is 24.3 Å². The summed E-state index contributed by atoms with van der Waals surface area (Å²) in [6.07, 6.45) is 25.7. The number of allylic oxidation sites excluding steroid dienone is 4. The van der Waals surface area contributed by atoms with Gasteiger partial charge < -0.3 is 9.47 Å². The molecule has 3 nitrogen and oxygen atoms in total. The number of esters is 1. The van der Waals surface area contributed by atoms with Crippen LogP contribution in [0.5, 0.6) is 0 Å². The zero-order valence-electron chi connectivity index (χ0n) is 17.3. The van der Waals surface area contributed by atoms with Gasteiger partial charge in [-0.05, 0) is 44.6 Å². The van der Waals surface area contributed by atoms with Crippen LogP contribution in [0.4, 0.5) is 0 Å². The molecule has 0 radical (unpaired) electrons. The van der Waals surface area contributed by atoms with Crippen molar-refractivity contribution in [2.75, 3.05) is 0 Å². The normalized spacial score (nSPS) is 30.2. The van der Waals surface area contributed by atoms with Crippen molar-refractivity contribution in [2.24, 2.45) is 5.92 Å². The van der Waals surface area contributed by atoms with E-state index in [1.165, 1.54) is 32.1 Å². The van der Waals surface area contributed by atoms with Gasteiger partial charge in [0.15, 0.2) is 0 Å². The van der Waals surface area contributed by atoms with Crippen molar-refractivity contribution >= 4 is 5.97 Å². The third-order valence-corrected chi connectivity index (χ3v) is 5.43. The SMILES string of the molecule is CCCCC1OC1CCC=CC=CC1CC=CCCCCCC(C)C(=O)O1. The van der Waals surface area contributed by atoms with E-state index in [2.05, 4.69) is 31.2 Å². The van der Waals surface area contributed by atoms with Gasteiger partial charge in [0.25, 0.3) is 0 Å². The molecule has 0 spiro atoms. The number of rotatable bonds is 8. The standard InChI is InChI=1S/C24H38O3/c1-3-4-18-22-23(27-22)19-14-10-9-13-17-21-16-12-8-6-5-7-11-15-20(2)24(25)26-21/h8-10,12-13,17,20-23H,3-7,11,14-16,18-19H2,1-2H3. The quantitative estimate of drug-likeness (QED) is 0.217. The van der Waals surface area contributed by atoms with Crippen LogP contribution in [0.15, 0.2) is 36.5 Å². The van der Waals surface area contributed by atoms with Gasteiger partial charge in [-0.3, -0.25) is 4.79 Å². The lowest BCUT2D eigenvalue weighted by molar-refractivity contribution is -0.151. The summed E-state index contributed by atoms with van der Waals surface area (Å²) in [5.74, 6) is -0.0642. The number of carbonyl (C=O) groups is 1. The fourth-order valence-corrected chi connectivity index (χ4v) is 3.50. The summed E-state index contributed by atoms with van der Waals surface area (Å²) in [6, 6.07) is 0. The molecule has 2 aliphatic heterocycles. The molecule has 0 amide bonds. The number of hydrogen-bond donors (Lipinski definition) is 0. The van der Waals surface area contributed by atoms with Crippen LogP contribution in [0, 0.1) is 5.92 Å². The summed E-state index contributed by atoms with van der Waals surface area (Å²) < 4.78 is 11.4. The van der Waals surface area contributed by atoms with Gasteiger partial charge in [0, 0.05) is 6.42 Å². The summed E-state index contributed by atoms with van der Waals surface area (Å²) >= 11 is 0. The van der Waals surface area contributed by atoms with Gasteiger partial charge in [0.1, 0.15) is 6.10 Å². The Morgan fingerprint density at radius 2 is 1.96 bits per heavy atom. The number of cyclic esters (lactones) is 1. The third-order valence-electron chi connectivity index (χ3n) is 5.43. The molecular weight excluding hydrogens is 336 g/mol. The van der Waals surface area contributed by atoms with Crippen molar-refractivity contribution in [1.29, 1.82) is 0 Å². The summed E-state index contributed by atoms with van der Waals surface area (Å²) in [4.78, 5) is 12.3. The molecule has 2 aliphatic rings. The van der Waals surface area contributed by atoms with Crippen molar-refractivity contribution in [2.45, 2.75) is 103 Å².